The lowest BCUT2D eigenvalue weighted by atomic mass is 9.99. The van der Waals surface area contributed by atoms with Gasteiger partial charge in [0.15, 0.2) is 0 Å². The van der Waals surface area contributed by atoms with Crippen molar-refractivity contribution < 1.29 is 0 Å². The number of pyridine rings is 1. The SMILES string of the molecule is Cc1ccc2nc(-c3ccc(C)c(C)c3)c(C(C)C#N)n2c1. The first-order valence-corrected chi connectivity index (χ1v) is 7.47. The van der Waals surface area contributed by atoms with E-state index < -0.39 is 0 Å². The third kappa shape index (κ3) is 2.27. The fourth-order valence-corrected chi connectivity index (χ4v) is 2.75. The average molecular weight is 289 g/mol. The van der Waals surface area contributed by atoms with Gasteiger partial charge in [-0.05, 0) is 56.5 Å². The van der Waals surface area contributed by atoms with E-state index in [0.717, 1.165) is 28.2 Å². The molecule has 0 bridgehead atoms. The number of nitriles is 1. The first-order valence-electron chi connectivity index (χ1n) is 7.47. The summed E-state index contributed by atoms with van der Waals surface area (Å²) in [6.07, 6.45) is 2.05. The van der Waals surface area contributed by atoms with Gasteiger partial charge in [0, 0.05) is 11.8 Å². The summed E-state index contributed by atoms with van der Waals surface area (Å²) < 4.78 is 2.05. The summed E-state index contributed by atoms with van der Waals surface area (Å²) in [7, 11) is 0. The second-order valence-electron chi connectivity index (χ2n) is 5.93. The van der Waals surface area contributed by atoms with Crippen molar-refractivity contribution in [3.8, 4) is 17.3 Å². The van der Waals surface area contributed by atoms with E-state index in [0.29, 0.717) is 0 Å². The molecule has 0 N–H and O–H groups in total. The Balaban J connectivity index is 2.33. The minimum absolute atomic E-state index is 0.214. The predicted molar refractivity (Wildman–Crippen MR) is 88.9 cm³/mol. The largest absolute Gasteiger partial charge is 0.302 e. The highest BCUT2D eigenvalue weighted by Crippen LogP contribution is 2.31. The third-order valence-corrected chi connectivity index (χ3v) is 4.19. The van der Waals surface area contributed by atoms with Crippen molar-refractivity contribution in [3.05, 3.63) is 58.9 Å². The van der Waals surface area contributed by atoms with Gasteiger partial charge in [-0.25, -0.2) is 4.98 Å². The molecule has 3 nitrogen and oxygen atoms in total. The van der Waals surface area contributed by atoms with Gasteiger partial charge in [0.25, 0.3) is 0 Å². The van der Waals surface area contributed by atoms with E-state index in [4.69, 9.17) is 4.98 Å². The Bertz CT molecular complexity index is 897. The van der Waals surface area contributed by atoms with E-state index >= 15 is 0 Å². The molecule has 2 heterocycles. The Morgan fingerprint density at radius 1 is 1.09 bits per heavy atom. The van der Waals surface area contributed by atoms with Crippen LogP contribution in [-0.2, 0) is 0 Å². The van der Waals surface area contributed by atoms with E-state index in [1.807, 2.05) is 23.5 Å². The summed E-state index contributed by atoms with van der Waals surface area (Å²) in [6.45, 7) is 8.18. The maximum atomic E-state index is 9.41. The molecule has 1 unspecified atom stereocenters. The number of rotatable bonds is 2. The van der Waals surface area contributed by atoms with Crippen molar-refractivity contribution in [2.75, 3.05) is 0 Å². The van der Waals surface area contributed by atoms with Crippen LogP contribution in [0.2, 0.25) is 0 Å². The highest BCUT2D eigenvalue weighted by molar-refractivity contribution is 5.69. The smallest absolute Gasteiger partial charge is 0.137 e. The Hall–Kier alpha value is -2.60. The number of nitrogens with zero attached hydrogens (tertiary/aromatic N) is 3. The molecule has 1 aromatic carbocycles. The minimum Gasteiger partial charge on any atom is -0.302 e. The van der Waals surface area contributed by atoms with Gasteiger partial charge in [0.05, 0.1) is 23.4 Å². The number of benzene rings is 1. The molecule has 1 atom stereocenters. The molecule has 0 saturated heterocycles. The van der Waals surface area contributed by atoms with Crippen LogP contribution in [0.5, 0.6) is 0 Å². The average Bonchev–Trinajstić information content (AvgIpc) is 2.87. The minimum atomic E-state index is -0.214. The standard InChI is InChI=1S/C19H19N3/c1-12-5-8-17-21-18(16-7-6-13(2)14(3)9-16)19(15(4)10-20)22(17)11-12/h5-9,11,15H,1-4H3. The molecule has 0 amide bonds. The van der Waals surface area contributed by atoms with E-state index in [-0.39, 0.29) is 5.92 Å². The van der Waals surface area contributed by atoms with Gasteiger partial charge < -0.3 is 4.40 Å². The molecule has 2 aromatic heterocycles. The highest BCUT2D eigenvalue weighted by Gasteiger charge is 2.19. The van der Waals surface area contributed by atoms with Crippen LogP contribution in [0.15, 0.2) is 36.5 Å². The molecule has 0 radical (unpaired) electrons. The Morgan fingerprint density at radius 3 is 2.55 bits per heavy atom. The zero-order valence-corrected chi connectivity index (χ0v) is 13.4. The first-order chi connectivity index (χ1) is 10.5. The second-order valence-corrected chi connectivity index (χ2v) is 5.93. The van der Waals surface area contributed by atoms with Gasteiger partial charge in [-0.3, -0.25) is 0 Å². The number of hydrogen-bond donors (Lipinski definition) is 0. The normalized spacial score (nSPS) is 12.3. The van der Waals surface area contributed by atoms with E-state index in [1.54, 1.807) is 0 Å². The Morgan fingerprint density at radius 2 is 1.86 bits per heavy atom. The maximum absolute atomic E-state index is 9.41. The molecular weight excluding hydrogens is 270 g/mol. The van der Waals surface area contributed by atoms with Crippen molar-refractivity contribution in [2.45, 2.75) is 33.6 Å². The fourth-order valence-electron chi connectivity index (χ4n) is 2.75. The summed E-state index contributed by atoms with van der Waals surface area (Å²) in [5.41, 5.74) is 7.48. The number of aromatic nitrogens is 2. The molecule has 0 fully saturated rings. The summed E-state index contributed by atoms with van der Waals surface area (Å²) in [6, 6.07) is 12.8. The van der Waals surface area contributed by atoms with Crippen molar-refractivity contribution in [1.82, 2.24) is 9.38 Å². The molecule has 0 aliphatic heterocycles. The Kier molecular flexibility index (Phi) is 3.46. The monoisotopic (exact) mass is 289 g/mol. The van der Waals surface area contributed by atoms with Crippen LogP contribution < -0.4 is 0 Å². The maximum Gasteiger partial charge on any atom is 0.137 e. The topological polar surface area (TPSA) is 41.1 Å². The van der Waals surface area contributed by atoms with Crippen LogP contribution in [0.25, 0.3) is 16.9 Å². The van der Waals surface area contributed by atoms with Crippen LogP contribution in [0.1, 0.15) is 35.2 Å². The van der Waals surface area contributed by atoms with Crippen molar-refractivity contribution in [2.24, 2.45) is 0 Å². The van der Waals surface area contributed by atoms with Gasteiger partial charge >= 0.3 is 0 Å². The zero-order chi connectivity index (χ0) is 15.9. The van der Waals surface area contributed by atoms with Gasteiger partial charge in [-0.1, -0.05) is 18.2 Å². The molecule has 0 aliphatic carbocycles. The van der Waals surface area contributed by atoms with Gasteiger partial charge in [-0.2, -0.15) is 5.26 Å². The van der Waals surface area contributed by atoms with Crippen molar-refractivity contribution in [1.29, 1.82) is 5.26 Å². The van der Waals surface area contributed by atoms with Crippen LogP contribution in [0.4, 0.5) is 0 Å². The molecule has 110 valence electrons. The van der Waals surface area contributed by atoms with Gasteiger partial charge in [-0.15, -0.1) is 0 Å². The third-order valence-electron chi connectivity index (χ3n) is 4.19. The van der Waals surface area contributed by atoms with E-state index in [1.165, 1.54) is 11.1 Å². The summed E-state index contributed by atoms with van der Waals surface area (Å²) >= 11 is 0. The molecule has 22 heavy (non-hydrogen) atoms. The molecule has 3 aromatic rings. The molecular formula is C19H19N3. The summed E-state index contributed by atoms with van der Waals surface area (Å²) in [5.74, 6) is -0.214. The molecule has 0 aliphatic rings. The molecule has 3 heteroatoms. The second kappa shape index (κ2) is 5.31. The quantitative estimate of drug-likeness (QED) is 0.694. The molecule has 0 saturated carbocycles. The molecule has 0 spiro atoms. The fraction of sp³-hybridized carbons (Fsp3) is 0.263. The summed E-state index contributed by atoms with van der Waals surface area (Å²) in [5, 5.41) is 9.41. The van der Waals surface area contributed by atoms with Crippen LogP contribution >= 0.6 is 0 Å². The number of aryl methyl sites for hydroxylation is 3. The number of fused-ring (bicyclic) bond motifs is 1. The lowest BCUT2D eigenvalue weighted by Gasteiger charge is -2.09. The highest BCUT2D eigenvalue weighted by atomic mass is 15.0. The van der Waals surface area contributed by atoms with Gasteiger partial charge in [0.2, 0.25) is 0 Å². The van der Waals surface area contributed by atoms with Crippen molar-refractivity contribution in [3.63, 3.8) is 0 Å². The number of imidazole rings is 1. The number of hydrogen-bond acceptors (Lipinski definition) is 2. The lowest BCUT2D eigenvalue weighted by Crippen LogP contribution is -1.99. The van der Waals surface area contributed by atoms with Gasteiger partial charge in [0.1, 0.15) is 5.65 Å². The van der Waals surface area contributed by atoms with E-state index in [2.05, 4.69) is 51.2 Å². The Labute approximate surface area is 130 Å². The lowest BCUT2D eigenvalue weighted by molar-refractivity contribution is 0.897. The van der Waals surface area contributed by atoms with Crippen molar-refractivity contribution >= 4 is 5.65 Å². The first kappa shape index (κ1) is 14.3. The molecule has 3 rings (SSSR count). The summed E-state index contributed by atoms with van der Waals surface area (Å²) in [4.78, 5) is 4.78. The van der Waals surface area contributed by atoms with Crippen LogP contribution in [0.3, 0.4) is 0 Å². The van der Waals surface area contributed by atoms with Crippen LogP contribution in [-0.4, -0.2) is 9.38 Å². The van der Waals surface area contributed by atoms with Crippen LogP contribution in [0, 0.1) is 32.1 Å². The predicted octanol–water partition coefficient (Wildman–Crippen LogP) is 4.55. The van der Waals surface area contributed by atoms with E-state index in [9.17, 15) is 5.26 Å². The zero-order valence-electron chi connectivity index (χ0n) is 13.4.